The van der Waals surface area contributed by atoms with Crippen LogP contribution in [0.3, 0.4) is 0 Å². The van der Waals surface area contributed by atoms with Crippen molar-refractivity contribution < 1.29 is 9.84 Å². The van der Waals surface area contributed by atoms with Crippen LogP contribution in [0.1, 0.15) is 51.8 Å². The topological polar surface area (TPSA) is 47.3 Å². The highest BCUT2D eigenvalue weighted by molar-refractivity contribution is 5.77. The van der Waals surface area contributed by atoms with Crippen molar-refractivity contribution in [3.05, 3.63) is 24.0 Å². The number of aliphatic hydroxyl groups excluding tert-OH is 1. The van der Waals surface area contributed by atoms with Gasteiger partial charge in [-0.2, -0.15) is 0 Å². The number of imidazole rings is 1. The summed E-state index contributed by atoms with van der Waals surface area (Å²) in [5, 5.41) is 9.52. The number of aromatic nitrogens is 2. The number of fused-ring (bicyclic) bond motifs is 1. The lowest BCUT2D eigenvalue weighted by Gasteiger charge is -2.08. The number of benzene rings is 1. The van der Waals surface area contributed by atoms with Gasteiger partial charge in [0.05, 0.1) is 17.6 Å². The first-order valence-corrected chi connectivity index (χ1v) is 8.03. The molecular weight excluding hydrogens is 264 g/mol. The standard InChI is InChI=1S/C17H26N2O2/c1-3-5-6-7-10-19-16-9-8-14(21-11-4-2)12-15(16)18-17(19)13-20/h8-9,12,20H,3-7,10-11,13H2,1-2H3. The van der Waals surface area contributed by atoms with Gasteiger partial charge in [-0.3, -0.25) is 0 Å². The number of aliphatic hydroxyl groups is 1. The molecule has 0 bridgehead atoms. The van der Waals surface area contributed by atoms with Gasteiger partial charge in [0, 0.05) is 12.6 Å². The van der Waals surface area contributed by atoms with Crippen molar-refractivity contribution in [2.24, 2.45) is 0 Å². The number of nitrogens with zero attached hydrogens (tertiary/aromatic N) is 2. The molecule has 1 N–H and O–H groups in total. The van der Waals surface area contributed by atoms with Gasteiger partial charge in [0.2, 0.25) is 0 Å². The van der Waals surface area contributed by atoms with E-state index in [1.54, 1.807) is 0 Å². The molecule has 1 heterocycles. The maximum Gasteiger partial charge on any atom is 0.135 e. The fraction of sp³-hybridized carbons (Fsp3) is 0.588. The smallest absolute Gasteiger partial charge is 0.135 e. The molecule has 0 amide bonds. The molecule has 116 valence electrons. The molecule has 0 unspecified atom stereocenters. The van der Waals surface area contributed by atoms with Crippen LogP contribution in [0.2, 0.25) is 0 Å². The first kappa shape index (κ1) is 15.8. The average molecular weight is 290 g/mol. The second kappa shape index (κ2) is 8.03. The molecule has 2 aromatic rings. The van der Waals surface area contributed by atoms with Crippen molar-refractivity contribution in [1.82, 2.24) is 9.55 Å². The van der Waals surface area contributed by atoms with E-state index in [9.17, 15) is 5.11 Å². The summed E-state index contributed by atoms with van der Waals surface area (Å²) in [6.45, 7) is 5.92. The van der Waals surface area contributed by atoms with Crippen LogP contribution in [-0.2, 0) is 13.2 Å². The molecule has 0 spiro atoms. The van der Waals surface area contributed by atoms with E-state index in [4.69, 9.17) is 4.74 Å². The van der Waals surface area contributed by atoms with Crippen molar-refractivity contribution in [2.45, 2.75) is 59.1 Å². The van der Waals surface area contributed by atoms with Crippen molar-refractivity contribution >= 4 is 11.0 Å². The van der Waals surface area contributed by atoms with E-state index in [2.05, 4.69) is 23.4 Å². The number of rotatable bonds is 9. The Bertz CT molecular complexity index is 563. The Morgan fingerprint density at radius 3 is 2.71 bits per heavy atom. The minimum Gasteiger partial charge on any atom is -0.494 e. The molecule has 2 rings (SSSR count). The lowest BCUT2D eigenvalue weighted by Crippen LogP contribution is -2.04. The molecule has 0 atom stereocenters. The lowest BCUT2D eigenvalue weighted by molar-refractivity contribution is 0.265. The van der Waals surface area contributed by atoms with E-state index in [-0.39, 0.29) is 6.61 Å². The van der Waals surface area contributed by atoms with Crippen molar-refractivity contribution in [3.8, 4) is 5.75 Å². The molecule has 0 saturated carbocycles. The normalized spacial score (nSPS) is 11.2. The molecule has 0 aliphatic heterocycles. The van der Waals surface area contributed by atoms with Gasteiger partial charge < -0.3 is 14.4 Å². The number of ether oxygens (including phenoxy) is 1. The quantitative estimate of drug-likeness (QED) is 0.713. The number of unbranched alkanes of at least 4 members (excludes halogenated alkanes) is 3. The zero-order valence-corrected chi connectivity index (χ0v) is 13.1. The highest BCUT2D eigenvalue weighted by atomic mass is 16.5. The van der Waals surface area contributed by atoms with Crippen LogP contribution in [-0.4, -0.2) is 21.3 Å². The number of hydrogen-bond donors (Lipinski definition) is 1. The van der Waals surface area contributed by atoms with E-state index < -0.39 is 0 Å². The third kappa shape index (κ3) is 3.97. The van der Waals surface area contributed by atoms with Gasteiger partial charge in [-0.05, 0) is 25.0 Å². The monoisotopic (exact) mass is 290 g/mol. The van der Waals surface area contributed by atoms with Crippen molar-refractivity contribution in [1.29, 1.82) is 0 Å². The third-order valence-electron chi connectivity index (χ3n) is 3.65. The van der Waals surface area contributed by atoms with Crippen LogP contribution in [0.15, 0.2) is 18.2 Å². The summed E-state index contributed by atoms with van der Waals surface area (Å²) >= 11 is 0. The zero-order chi connectivity index (χ0) is 15.1. The molecule has 1 aromatic carbocycles. The van der Waals surface area contributed by atoms with Crippen molar-refractivity contribution in [2.75, 3.05) is 6.61 Å². The second-order valence-corrected chi connectivity index (χ2v) is 5.40. The van der Waals surface area contributed by atoms with Gasteiger partial charge in [0.15, 0.2) is 0 Å². The van der Waals surface area contributed by atoms with Crippen molar-refractivity contribution in [3.63, 3.8) is 0 Å². The second-order valence-electron chi connectivity index (χ2n) is 5.40. The summed E-state index contributed by atoms with van der Waals surface area (Å²) < 4.78 is 7.78. The van der Waals surface area contributed by atoms with Crippen LogP contribution < -0.4 is 4.74 Å². The molecule has 0 aliphatic rings. The molecule has 21 heavy (non-hydrogen) atoms. The Kier molecular flexibility index (Phi) is 6.05. The van der Waals surface area contributed by atoms with E-state index in [1.165, 1.54) is 19.3 Å². The van der Waals surface area contributed by atoms with Gasteiger partial charge in [0.25, 0.3) is 0 Å². The maximum absolute atomic E-state index is 9.52. The molecule has 0 radical (unpaired) electrons. The molecule has 0 aliphatic carbocycles. The van der Waals surface area contributed by atoms with Gasteiger partial charge in [-0.15, -0.1) is 0 Å². The zero-order valence-electron chi connectivity index (χ0n) is 13.1. The predicted octanol–water partition coefficient (Wildman–Crippen LogP) is 3.90. The highest BCUT2D eigenvalue weighted by Gasteiger charge is 2.10. The largest absolute Gasteiger partial charge is 0.494 e. The predicted molar refractivity (Wildman–Crippen MR) is 85.6 cm³/mol. The van der Waals surface area contributed by atoms with Crippen LogP contribution >= 0.6 is 0 Å². The summed E-state index contributed by atoms with van der Waals surface area (Å²) in [5.74, 6) is 1.60. The third-order valence-corrected chi connectivity index (χ3v) is 3.65. The van der Waals surface area contributed by atoms with Gasteiger partial charge in [-0.25, -0.2) is 4.98 Å². The highest BCUT2D eigenvalue weighted by Crippen LogP contribution is 2.23. The minimum atomic E-state index is -0.0202. The van der Waals surface area contributed by atoms with E-state index in [0.29, 0.717) is 0 Å². The number of hydrogen-bond acceptors (Lipinski definition) is 3. The van der Waals surface area contributed by atoms with E-state index >= 15 is 0 Å². The Hall–Kier alpha value is -1.55. The Balaban J connectivity index is 2.18. The first-order chi connectivity index (χ1) is 10.3. The Morgan fingerprint density at radius 1 is 1.14 bits per heavy atom. The first-order valence-electron chi connectivity index (χ1n) is 8.03. The summed E-state index contributed by atoms with van der Waals surface area (Å²) in [4.78, 5) is 4.53. The lowest BCUT2D eigenvalue weighted by atomic mass is 10.2. The maximum atomic E-state index is 9.52. The Labute approximate surface area is 126 Å². The number of aryl methyl sites for hydroxylation is 1. The molecule has 4 nitrogen and oxygen atoms in total. The van der Waals surface area contributed by atoms with E-state index in [0.717, 1.165) is 48.6 Å². The molecule has 4 heteroatoms. The molecule has 1 aromatic heterocycles. The average Bonchev–Trinajstić information content (AvgIpc) is 2.86. The van der Waals surface area contributed by atoms with Crippen LogP contribution in [0.5, 0.6) is 5.75 Å². The summed E-state index contributed by atoms with van der Waals surface area (Å²) in [7, 11) is 0. The Morgan fingerprint density at radius 2 is 2.00 bits per heavy atom. The molecule has 0 saturated heterocycles. The molecular formula is C17H26N2O2. The summed E-state index contributed by atoms with van der Waals surface area (Å²) in [6.07, 6.45) is 5.83. The fourth-order valence-electron chi connectivity index (χ4n) is 2.54. The summed E-state index contributed by atoms with van der Waals surface area (Å²) in [6, 6.07) is 6.00. The van der Waals surface area contributed by atoms with Gasteiger partial charge >= 0.3 is 0 Å². The van der Waals surface area contributed by atoms with Crippen LogP contribution in [0.4, 0.5) is 0 Å². The molecule has 0 fully saturated rings. The fourth-order valence-corrected chi connectivity index (χ4v) is 2.54. The van der Waals surface area contributed by atoms with Crippen LogP contribution in [0, 0.1) is 0 Å². The minimum absolute atomic E-state index is 0.0202. The van der Waals surface area contributed by atoms with Gasteiger partial charge in [-0.1, -0.05) is 33.1 Å². The van der Waals surface area contributed by atoms with Gasteiger partial charge in [0.1, 0.15) is 18.2 Å². The summed E-state index contributed by atoms with van der Waals surface area (Å²) in [5.41, 5.74) is 1.99. The SMILES string of the molecule is CCCCCCn1c(CO)nc2cc(OCCC)ccc21. The van der Waals surface area contributed by atoms with E-state index in [1.807, 2.05) is 18.2 Å². The van der Waals surface area contributed by atoms with Crippen LogP contribution in [0.25, 0.3) is 11.0 Å².